The summed E-state index contributed by atoms with van der Waals surface area (Å²) in [6.07, 6.45) is 0. The highest BCUT2D eigenvalue weighted by atomic mass is 16.7. The van der Waals surface area contributed by atoms with Crippen LogP contribution >= 0.6 is 0 Å². The molecule has 0 heterocycles. The van der Waals surface area contributed by atoms with Crippen LogP contribution in [0.25, 0.3) is 0 Å². The van der Waals surface area contributed by atoms with Gasteiger partial charge in [0.2, 0.25) is 0 Å². The largest absolute Gasteiger partial charge is 0.373 e. The second-order valence-electron chi connectivity index (χ2n) is 2.08. The zero-order chi connectivity index (χ0) is 7.44. The normalized spacial score (nSPS) is 16.4. The van der Waals surface area contributed by atoms with E-state index in [0.717, 1.165) is 0 Å². The summed E-state index contributed by atoms with van der Waals surface area (Å²) >= 11 is 0. The Morgan fingerprint density at radius 1 is 1.56 bits per heavy atom. The van der Waals surface area contributed by atoms with Crippen molar-refractivity contribution in [2.24, 2.45) is 17.5 Å². The van der Waals surface area contributed by atoms with Gasteiger partial charge >= 0.3 is 5.97 Å². The fourth-order valence-electron chi connectivity index (χ4n) is 0.322. The third-order valence-corrected chi connectivity index (χ3v) is 1.28. The average Bonchev–Trinajstić information content (AvgIpc) is 1.84. The molecule has 0 aromatic carbocycles. The Labute approximate surface area is 54.1 Å². The molecular weight excluding hydrogens is 120 g/mol. The molecule has 2 atom stereocenters. The summed E-state index contributed by atoms with van der Waals surface area (Å²) < 4.78 is 0. The van der Waals surface area contributed by atoms with Gasteiger partial charge in [-0.2, -0.15) is 5.90 Å². The van der Waals surface area contributed by atoms with E-state index in [-0.39, 0.29) is 12.0 Å². The summed E-state index contributed by atoms with van der Waals surface area (Å²) in [4.78, 5) is 14.5. The maximum atomic E-state index is 10.5. The third kappa shape index (κ3) is 2.43. The molecule has 0 bridgehead atoms. The number of carbonyl (C=O) groups is 1. The highest BCUT2D eigenvalue weighted by Crippen LogP contribution is 1.99. The second-order valence-corrected chi connectivity index (χ2v) is 2.08. The van der Waals surface area contributed by atoms with E-state index in [2.05, 4.69) is 10.7 Å². The fourth-order valence-corrected chi connectivity index (χ4v) is 0.322. The summed E-state index contributed by atoms with van der Waals surface area (Å²) in [6.45, 7) is 3.39. The number of hydrogen-bond donors (Lipinski definition) is 2. The molecule has 0 spiro atoms. The average molecular weight is 132 g/mol. The van der Waals surface area contributed by atoms with E-state index in [4.69, 9.17) is 5.73 Å². The van der Waals surface area contributed by atoms with Crippen molar-refractivity contribution in [1.82, 2.24) is 0 Å². The molecule has 4 heteroatoms. The van der Waals surface area contributed by atoms with Crippen LogP contribution in [0.15, 0.2) is 0 Å². The van der Waals surface area contributed by atoms with Crippen LogP contribution in [0, 0.1) is 5.92 Å². The van der Waals surface area contributed by atoms with Gasteiger partial charge in [0.25, 0.3) is 0 Å². The van der Waals surface area contributed by atoms with Gasteiger partial charge in [0.1, 0.15) is 0 Å². The predicted octanol–water partition coefficient (Wildman–Crippen LogP) is -0.613. The maximum absolute atomic E-state index is 10.5. The van der Waals surface area contributed by atoms with Crippen LogP contribution in [-0.2, 0) is 9.63 Å². The Balaban J connectivity index is 3.72. The topological polar surface area (TPSA) is 78.3 Å². The summed E-state index contributed by atoms with van der Waals surface area (Å²) in [5.74, 6) is 3.81. The first kappa shape index (κ1) is 8.39. The first-order valence-electron chi connectivity index (χ1n) is 2.75. The number of carbonyl (C=O) groups excluding carboxylic acids is 1. The molecule has 0 aliphatic carbocycles. The molecule has 4 nitrogen and oxygen atoms in total. The van der Waals surface area contributed by atoms with E-state index >= 15 is 0 Å². The summed E-state index contributed by atoms with van der Waals surface area (Å²) in [5.41, 5.74) is 5.36. The molecule has 0 aliphatic heterocycles. The summed E-state index contributed by atoms with van der Waals surface area (Å²) in [5, 5.41) is 0. The van der Waals surface area contributed by atoms with Crippen molar-refractivity contribution in [2.45, 2.75) is 19.9 Å². The van der Waals surface area contributed by atoms with E-state index in [0.29, 0.717) is 0 Å². The molecule has 4 N–H and O–H groups in total. The van der Waals surface area contributed by atoms with Crippen molar-refractivity contribution < 1.29 is 9.63 Å². The smallest absolute Gasteiger partial charge is 0.328 e. The van der Waals surface area contributed by atoms with E-state index in [1.807, 2.05) is 0 Å². The molecule has 0 rings (SSSR count). The van der Waals surface area contributed by atoms with Gasteiger partial charge in [-0.1, -0.05) is 6.92 Å². The Bertz CT molecular complexity index is 103. The maximum Gasteiger partial charge on any atom is 0.328 e. The minimum atomic E-state index is -0.468. The van der Waals surface area contributed by atoms with Crippen molar-refractivity contribution in [1.29, 1.82) is 0 Å². The third-order valence-electron chi connectivity index (χ3n) is 1.28. The Morgan fingerprint density at radius 3 is 2.11 bits per heavy atom. The molecule has 1 unspecified atom stereocenters. The highest BCUT2D eigenvalue weighted by Gasteiger charge is 2.17. The van der Waals surface area contributed by atoms with Crippen molar-refractivity contribution in [3.63, 3.8) is 0 Å². The van der Waals surface area contributed by atoms with Crippen molar-refractivity contribution in [2.75, 3.05) is 0 Å². The van der Waals surface area contributed by atoms with E-state index in [1.54, 1.807) is 13.8 Å². The molecule has 0 radical (unpaired) electrons. The number of rotatable bonds is 2. The highest BCUT2D eigenvalue weighted by molar-refractivity contribution is 5.72. The van der Waals surface area contributed by atoms with Gasteiger partial charge in [-0.15, -0.1) is 0 Å². The standard InChI is InChI=1S/C5H12N2O2/c1-3(4(2)6)5(8)9-7/h3-4H,6-7H2,1-2H3/t3?,4-/m1/s1. The van der Waals surface area contributed by atoms with Crippen LogP contribution < -0.4 is 11.6 Å². The van der Waals surface area contributed by atoms with Crippen molar-refractivity contribution in [3.05, 3.63) is 0 Å². The predicted molar refractivity (Wildman–Crippen MR) is 33.1 cm³/mol. The minimum absolute atomic E-state index is 0.207. The van der Waals surface area contributed by atoms with E-state index in [9.17, 15) is 4.79 Å². The van der Waals surface area contributed by atoms with Gasteiger partial charge in [-0.05, 0) is 6.92 Å². The van der Waals surface area contributed by atoms with Gasteiger partial charge in [-0.25, -0.2) is 0 Å². The molecule has 0 fully saturated rings. The fraction of sp³-hybridized carbons (Fsp3) is 0.800. The SMILES string of the molecule is CC(C(=O)ON)[C@@H](C)N. The Hall–Kier alpha value is -0.610. The first-order valence-corrected chi connectivity index (χ1v) is 2.75. The lowest BCUT2D eigenvalue weighted by atomic mass is 10.1. The lowest BCUT2D eigenvalue weighted by Gasteiger charge is -2.10. The van der Waals surface area contributed by atoms with E-state index < -0.39 is 5.97 Å². The first-order chi connectivity index (χ1) is 4.09. The monoisotopic (exact) mass is 132 g/mol. The van der Waals surface area contributed by atoms with Crippen LogP contribution in [0.3, 0.4) is 0 Å². The lowest BCUT2D eigenvalue weighted by Crippen LogP contribution is -2.33. The summed E-state index contributed by atoms with van der Waals surface area (Å²) in [7, 11) is 0. The zero-order valence-electron chi connectivity index (χ0n) is 5.63. The van der Waals surface area contributed by atoms with Gasteiger partial charge in [0.05, 0.1) is 5.92 Å². The molecule has 0 saturated carbocycles. The molecule has 9 heavy (non-hydrogen) atoms. The molecule has 54 valence electrons. The molecule has 0 aromatic heterocycles. The van der Waals surface area contributed by atoms with Crippen LogP contribution in [0.2, 0.25) is 0 Å². The molecular formula is C5H12N2O2. The zero-order valence-corrected chi connectivity index (χ0v) is 5.63. The molecule has 0 aromatic rings. The van der Waals surface area contributed by atoms with Gasteiger partial charge in [0, 0.05) is 6.04 Å². The number of hydrogen-bond acceptors (Lipinski definition) is 4. The van der Waals surface area contributed by atoms with Crippen LogP contribution in [0.5, 0.6) is 0 Å². The quantitative estimate of drug-likeness (QED) is 0.491. The van der Waals surface area contributed by atoms with Crippen LogP contribution in [0.1, 0.15) is 13.8 Å². The Kier molecular flexibility index (Phi) is 3.19. The Morgan fingerprint density at radius 2 is 2.00 bits per heavy atom. The van der Waals surface area contributed by atoms with Crippen LogP contribution in [-0.4, -0.2) is 12.0 Å². The molecule has 0 aliphatic rings. The number of nitrogens with two attached hydrogens (primary N) is 2. The minimum Gasteiger partial charge on any atom is -0.373 e. The van der Waals surface area contributed by atoms with Crippen LogP contribution in [0.4, 0.5) is 0 Å². The van der Waals surface area contributed by atoms with Crippen molar-refractivity contribution >= 4 is 5.97 Å². The lowest BCUT2D eigenvalue weighted by molar-refractivity contribution is -0.149. The molecule has 0 saturated heterocycles. The summed E-state index contributed by atoms with van der Waals surface area (Å²) in [6, 6.07) is -0.207. The molecule has 0 amide bonds. The van der Waals surface area contributed by atoms with Crippen molar-refractivity contribution in [3.8, 4) is 0 Å². The van der Waals surface area contributed by atoms with Gasteiger partial charge in [0.15, 0.2) is 0 Å². The second kappa shape index (κ2) is 3.42. The van der Waals surface area contributed by atoms with E-state index in [1.165, 1.54) is 0 Å². The van der Waals surface area contributed by atoms with Gasteiger partial charge in [-0.3, -0.25) is 4.79 Å². The van der Waals surface area contributed by atoms with Gasteiger partial charge < -0.3 is 10.6 Å².